The van der Waals surface area contributed by atoms with E-state index in [9.17, 15) is 13.2 Å². The standard InChI is InChI=1S/C22H26ClNO5S/c1-14-11-18(14)20-8-7-17(29-20)12-24(16-9-10-30(26,27)13-16)22(25)15(2)28-21-6-4-3-5-19(21)23/h3-8,14-16,18H,9-13H2,1-2H3. The molecule has 0 spiro atoms. The zero-order valence-electron chi connectivity index (χ0n) is 17.1. The van der Waals surface area contributed by atoms with Gasteiger partial charge in [0, 0.05) is 12.0 Å². The van der Waals surface area contributed by atoms with Crippen LogP contribution >= 0.6 is 11.6 Å². The Morgan fingerprint density at radius 3 is 2.67 bits per heavy atom. The second kappa shape index (κ2) is 8.27. The predicted molar refractivity (Wildman–Crippen MR) is 114 cm³/mol. The van der Waals surface area contributed by atoms with E-state index in [1.807, 2.05) is 12.1 Å². The number of amides is 1. The maximum atomic E-state index is 13.3. The molecule has 2 fully saturated rings. The molecule has 4 atom stereocenters. The molecule has 1 saturated carbocycles. The van der Waals surface area contributed by atoms with Crippen LogP contribution in [0.1, 0.15) is 44.1 Å². The Kier molecular flexibility index (Phi) is 5.86. The van der Waals surface area contributed by atoms with Gasteiger partial charge in [0.25, 0.3) is 5.91 Å². The average Bonchev–Trinajstić information content (AvgIpc) is 3.09. The fourth-order valence-electron chi connectivity index (χ4n) is 3.99. The second-order valence-electron chi connectivity index (χ2n) is 8.34. The van der Waals surface area contributed by atoms with Crippen molar-refractivity contribution < 1.29 is 22.4 Å². The van der Waals surface area contributed by atoms with Gasteiger partial charge in [-0.3, -0.25) is 4.79 Å². The summed E-state index contributed by atoms with van der Waals surface area (Å²) < 4.78 is 35.9. The van der Waals surface area contributed by atoms with Crippen LogP contribution in [0.5, 0.6) is 5.75 Å². The molecule has 2 aliphatic rings. The summed E-state index contributed by atoms with van der Waals surface area (Å²) in [7, 11) is -3.15. The highest BCUT2D eigenvalue weighted by Gasteiger charge is 2.39. The Labute approximate surface area is 182 Å². The molecule has 1 aromatic carbocycles. The van der Waals surface area contributed by atoms with Gasteiger partial charge in [-0.2, -0.15) is 0 Å². The largest absolute Gasteiger partial charge is 0.479 e. The van der Waals surface area contributed by atoms with Gasteiger partial charge in [-0.1, -0.05) is 30.7 Å². The maximum absolute atomic E-state index is 13.3. The minimum absolute atomic E-state index is 0.0369. The summed E-state index contributed by atoms with van der Waals surface area (Å²) in [4.78, 5) is 14.9. The molecule has 2 aromatic rings. The van der Waals surface area contributed by atoms with Crippen LogP contribution in [0.4, 0.5) is 0 Å². The quantitative estimate of drug-likeness (QED) is 0.634. The third kappa shape index (κ3) is 4.67. The molecule has 1 aliphatic carbocycles. The van der Waals surface area contributed by atoms with E-state index >= 15 is 0 Å². The minimum Gasteiger partial charge on any atom is -0.479 e. The summed E-state index contributed by atoms with van der Waals surface area (Å²) in [6, 6.07) is 10.4. The van der Waals surface area contributed by atoms with Crippen molar-refractivity contribution in [2.45, 2.75) is 51.3 Å². The molecule has 1 amide bonds. The van der Waals surface area contributed by atoms with Crippen molar-refractivity contribution in [3.05, 3.63) is 52.9 Å². The number of furan rings is 1. The zero-order chi connectivity index (χ0) is 21.5. The van der Waals surface area contributed by atoms with Crippen LogP contribution in [0, 0.1) is 5.92 Å². The monoisotopic (exact) mass is 451 g/mol. The number of ether oxygens (including phenoxy) is 1. The first kappa shape index (κ1) is 21.2. The van der Waals surface area contributed by atoms with E-state index in [0.29, 0.717) is 34.8 Å². The van der Waals surface area contributed by atoms with Gasteiger partial charge in [-0.05, 0) is 49.9 Å². The number of carbonyl (C=O) groups excluding carboxylic acids is 1. The molecule has 4 unspecified atom stereocenters. The molecule has 0 bridgehead atoms. The number of benzene rings is 1. The lowest BCUT2D eigenvalue weighted by atomic mass is 10.2. The van der Waals surface area contributed by atoms with E-state index in [-0.39, 0.29) is 24.0 Å². The number of rotatable bonds is 7. The fourth-order valence-corrected chi connectivity index (χ4v) is 5.90. The molecule has 4 rings (SSSR count). The minimum atomic E-state index is -3.15. The highest BCUT2D eigenvalue weighted by molar-refractivity contribution is 7.91. The molecule has 1 aromatic heterocycles. The Morgan fingerprint density at radius 1 is 1.30 bits per heavy atom. The fraction of sp³-hybridized carbons (Fsp3) is 0.500. The van der Waals surface area contributed by atoms with Crippen molar-refractivity contribution in [2.75, 3.05) is 11.5 Å². The van der Waals surface area contributed by atoms with Gasteiger partial charge in [0.1, 0.15) is 17.3 Å². The first-order valence-corrected chi connectivity index (χ1v) is 12.4. The van der Waals surface area contributed by atoms with Gasteiger partial charge in [0.2, 0.25) is 0 Å². The summed E-state index contributed by atoms with van der Waals surface area (Å²) in [6.07, 6.45) is 0.713. The number of carbonyl (C=O) groups is 1. The Hall–Kier alpha value is -1.99. The van der Waals surface area contributed by atoms with Crippen molar-refractivity contribution in [1.29, 1.82) is 0 Å². The van der Waals surface area contributed by atoms with Gasteiger partial charge < -0.3 is 14.1 Å². The molecule has 2 heterocycles. The van der Waals surface area contributed by atoms with E-state index < -0.39 is 22.0 Å². The van der Waals surface area contributed by atoms with Crippen LogP contribution in [-0.4, -0.2) is 42.9 Å². The molecule has 6 nitrogen and oxygen atoms in total. The molecule has 30 heavy (non-hydrogen) atoms. The van der Waals surface area contributed by atoms with Gasteiger partial charge in [0.05, 0.1) is 23.1 Å². The summed E-state index contributed by atoms with van der Waals surface area (Å²) in [5, 5.41) is 0.418. The number of hydrogen-bond donors (Lipinski definition) is 0. The third-order valence-electron chi connectivity index (χ3n) is 5.90. The first-order valence-electron chi connectivity index (χ1n) is 10.2. The number of para-hydroxylation sites is 1. The lowest BCUT2D eigenvalue weighted by Crippen LogP contribution is -2.46. The lowest BCUT2D eigenvalue weighted by Gasteiger charge is -2.30. The maximum Gasteiger partial charge on any atom is 0.264 e. The van der Waals surface area contributed by atoms with Crippen LogP contribution in [0.25, 0.3) is 0 Å². The third-order valence-corrected chi connectivity index (χ3v) is 7.97. The van der Waals surface area contributed by atoms with Crippen LogP contribution < -0.4 is 4.74 Å². The first-order chi connectivity index (χ1) is 14.2. The summed E-state index contributed by atoms with van der Waals surface area (Å²) in [5.74, 6) is 2.84. The summed E-state index contributed by atoms with van der Waals surface area (Å²) >= 11 is 6.15. The van der Waals surface area contributed by atoms with E-state index in [1.54, 1.807) is 36.1 Å². The van der Waals surface area contributed by atoms with E-state index in [2.05, 4.69) is 6.92 Å². The average molecular weight is 452 g/mol. The van der Waals surface area contributed by atoms with Gasteiger partial charge in [-0.15, -0.1) is 0 Å². The van der Waals surface area contributed by atoms with Gasteiger partial charge in [0.15, 0.2) is 15.9 Å². The molecular formula is C22H26ClNO5S. The van der Waals surface area contributed by atoms with E-state index in [4.69, 9.17) is 20.8 Å². The Bertz CT molecular complexity index is 1030. The van der Waals surface area contributed by atoms with Gasteiger partial charge >= 0.3 is 0 Å². The highest BCUT2D eigenvalue weighted by Crippen LogP contribution is 2.47. The smallest absolute Gasteiger partial charge is 0.264 e. The van der Waals surface area contributed by atoms with Crippen molar-refractivity contribution in [2.24, 2.45) is 5.92 Å². The normalized spacial score (nSPS) is 25.6. The summed E-state index contributed by atoms with van der Waals surface area (Å²) in [6.45, 7) is 4.05. The number of sulfone groups is 1. The molecule has 1 saturated heterocycles. The molecule has 162 valence electrons. The Balaban J connectivity index is 1.52. The Morgan fingerprint density at radius 2 is 2.03 bits per heavy atom. The summed E-state index contributed by atoms with van der Waals surface area (Å²) in [5.41, 5.74) is 0. The van der Waals surface area contributed by atoms with E-state index in [0.717, 1.165) is 12.2 Å². The van der Waals surface area contributed by atoms with Crippen LogP contribution in [-0.2, 0) is 21.2 Å². The van der Waals surface area contributed by atoms with Crippen molar-refractivity contribution in [1.82, 2.24) is 4.90 Å². The van der Waals surface area contributed by atoms with Crippen LogP contribution in [0.15, 0.2) is 40.8 Å². The molecular weight excluding hydrogens is 426 g/mol. The van der Waals surface area contributed by atoms with Crippen molar-refractivity contribution >= 4 is 27.3 Å². The van der Waals surface area contributed by atoms with Crippen LogP contribution in [0.3, 0.4) is 0 Å². The predicted octanol–water partition coefficient (Wildman–Crippen LogP) is 4.04. The molecule has 0 radical (unpaired) electrons. The second-order valence-corrected chi connectivity index (χ2v) is 11.0. The lowest BCUT2D eigenvalue weighted by molar-refractivity contribution is -0.140. The number of halogens is 1. The molecule has 0 N–H and O–H groups in total. The molecule has 8 heteroatoms. The van der Waals surface area contributed by atoms with Crippen molar-refractivity contribution in [3.8, 4) is 5.75 Å². The van der Waals surface area contributed by atoms with E-state index in [1.165, 1.54) is 0 Å². The van der Waals surface area contributed by atoms with Crippen LogP contribution in [0.2, 0.25) is 5.02 Å². The number of hydrogen-bond acceptors (Lipinski definition) is 5. The SMILES string of the molecule is CC(Oc1ccccc1Cl)C(=O)N(Cc1ccc(C2CC2C)o1)C1CCS(=O)(=O)C1. The highest BCUT2D eigenvalue weighted by atomic mass is 35.5. The van der Waals surface area contributed by atoms with Gasteiger partial charge in [-0.25, -0.2) is 8.42 Å². The topological polar surface area (TPSA) is 76.8 Å². The van der Waals surface area contributed by atoms with Crippen molar-refractivity contribution in [3.63, 3.8) is 0 Å². The number of nitrogens with zero attached hydrogens (tertiary/aromatic N) is 1. The zero-order valence-corrected chi connectivity index (χ0v) is 18.7. The molecule has 1 aliphatic heterocycles.